The molecule has 1 saturated carbocycles. The standard InChI is InChI=1S/C17H34Si/c1-5-6-7-8-9-10-11-16-12-13-17(14-16)15-18(2,3)4/h15-16H,5-14H2,1-4H3/b17-15-. The van der Waals surface area contributed by atoms with E-state index in [9.17, 15) is 0 Å². The van der Waals surface area contributed by atoms with Crippen LogP contribution in [0.1, 0.15) is 71.1 Å². The molecule has 0 bridgehead atoms. The van der Waals surface area contributed by atoms with E-state index in [-0.39, 0.29) is 0 Å². The van der Waals surface area contributed by atoms with Crippen molar-refractivity contribution in [2.75, 3.05) is 0 Å². The molecule has 1 aliphatic rings. The summed E-state index contributed by atoms with van der Waals surface area (Å²) in [5.74, 6) is 1.03. The molecule has 0 spiro atoms. The molecule has 1 heteroatoms. The highest BCUT2D eigenvalue weighted by Gasteiger charge is 2.21. The second-order valence-corrected chi connectivity index (χ2v) is 12.4. The summed E-state index contributed by atoms with van der Waals surface area (Å²) in [4.78, 5) is 0. The SMILES string of the molecule is CCCCCCCCC1CC/C(=C/[Si](C)(C)C)C1. The average Bonchev–Trinajstić information content (AvgIpc) is 2.68. The summed E-state index contributed by atoms with van der Waals surface area (Å²) in [5.41, 5.74) is 4.46. The van der Waals surface area contributed by atoms with Crippen LogP contribution >= 0.6 is 0 Å². The van der Waals surface area contributed by atoms with E-state index >= 15 is 0 Å². The lowest BCUT2D eigenvalue weighted by Gasteiger charge is -2.12. The van der Waals surface area contributed by atoms with Crippen LogP contribution in [0.25, 0.3) is 0 Å². The van der Waals surface area contributed by atoms with Gasteiger partial charge >= 0.3 is 0 Å². The Bertz CT molecular complexity index is 247. The van der Waals surface area contributed by atoms with Gasteiger partial charge in [0.25, 0.3) is 0 Å². The largest absolute Gasteiger partial charge is 0.0958 e. The number of allylic oxidation sites excluding steroid dienone is 1. The van der Waals surface area contributed by atoms with E-state index in [2.05, 4.69) is 32.3 Å². The lowest BCUT2D eigenvalue weighted by atomic mass is 9.99. The Balaban J connectivity index is 2.10. The first-order chi connectivity index (χ1) is 8.51. The smallest absolute Gasteiger partial charge is 0.0686 e. The van der Waals surface area contributed by atoms with E-state index in [1.54, 1.807) is 5.57 Å². The van der Waals surface area contributed by atoms with Gasteiger partial charge in [-0.3, -0.25) is 0 Å². The van der Waals surface area contributed by atoms with Crippen molar-refractivity contribution < 1.29 is 0 Å². The van der Waals surface area contributed by atoms with Gasteiger partial charge in [0.15, 0.2) is 0 Å². The minimum absolute atomic E-state index is 0.967. The predicted molar refractivity (Wildman–Crippen MR) is 86.8 cm³/mol. The maximum Gasteiger partial charge on any atom is 0.0686 e. The molecule has 1 atom stereocenters. The van der Waals surface area contributed by atoms with E-state index in [0.29, 0.717) is 0 Å². The highest BCUT2D eigenvalue weighted by Crippen LogP contribution is 2.34. The first kappa shape index (κ1) is 16.0. The third-order valence-electron chi connectivity index (χ3n) is 4.03. The van der Waals surface area contributed by atoms with Gasteiger partial charge in [-0.2, -0.15) is 0 Å². The van der Waals surface area contributed by atoms with Gasteiger partial charge in [-0.25, -0.2) is 0 Å². The highest BCUT2D eigenvalue weighted by atomic mass is 28.3. The summed E-state index contributed by atoms with van der Waals surface area (Å²) in [6, 6.07) is 0. The lowest BCUT2D eigenvalue weighted by Crippen LogP contribution is -2.16. The zero-order valence-electron chi connectivity index (χ0n) is 13.2. The van der Waals surface area contributed by atoms with Crippen molar-refractivity contribution in [2.45, 2.75) is 90.8 Å². The Morgan fingerprint density at radius 2 is 1.72 bits per heavy atom. The fourth-order valence-electron chi connectivity index (χ4n) is 3.17. The highest BCUT2D eigenvalue weighted by molar-refractivity contribution is 6.81. The van der Waals surface area contributed by atoms with Crippen LogP contribution in [-0.4, -0.2) is 8.07 Å². The van der Waals surface area contributed by atoms with Crippen molar-refractivity contribution in [3.63, 3.8) is 0 Å². The molecule has 0 aliphatic heterocycles. The van der Waals surface area contributed by atoms with Gasteiger partial charge in [-0.15, -0.1) is 0 Å². The van der Waals surface area contributed by atoms with Crippen LogP contribution in [0, 0.1) is 5.92 Å². The van der Waals surface area contributed by atoms with E-state index in [0.717, 1.165) is 5.92 Å². The Labute approximate surface area is 116 Å². The van der Waals surface area contributed by atoms with Gasteiger partial charge in [0, 0.05) is 0 Å². The van der Waals surface area contributed by atoms with Crippen molar-refractivity contribution in [1.82, 2.24) is 0 Å². The molecular weight excluding hydrogens is 232 g/mol. The quantitative estimate of drug-likeness (QED) is 0.355. The molecule has 0 heterocycles. The van der Waals surface area contributed by atoms with E-state index in [1.807, 2.05) is 0 Å². The maximum atomic E-state index is 2.66. The maximum absolute atomic E-state index is 2.66. The molecule has 0 saturated heterocycles. The number of hydrogen-bond acceptors (Lipinski definition) is 0. The number of rotatable bonds is 8. The third kappa shape index (κ3) is 7.40. The summed E-state index contributed by atoms with van der Waals surface area (Å²) >= 11 is 0. The van der Waals surface area contributed by atoms with Gasteiger partial charge in [0.2, 0.25) is 0 Å². The predicted octanol–water partition coefficient (Wildman–Crippen LogP) is 6.34. The Morgan fingerprint density at radius 1 is 1.06 bits per heavy atom. The average molecular weight is 267 g/mol. The third-order valence-corrected chi connectivity index (χ3v) is 5.30. The molecule has 0 aromatic carbocycles. The second-order valence-electron chi connectivity index (χ2n) is 7.33. The van der Waals surface area contributed by atoms with Gasteiger partial charge in [0.05, 0.1) is 8.07 Å². The molecule has 0 nitrogen and oxygen atoms in total. The molecule has 0 amide bonds. The van der Waals surface area contributed by atoms with Crippen LogP contribution in [0.3, 0.4) is 0 Å². The first-order valence-electron chi connectivity index (χ1n) is 8.22. The van der Waals surface area contributed by atoms with Crippen molar-refractivity contribution >= 4 is 8.07 Å². The van der Waals surface area contributed by atoms with Gasteiger partial charge < -0.3 is 0 Å². The first-order valence-corrected chi connectivity index (χ1v) is 11.8. The topological polar surface area (TPSA) is 0 Å². The fourth-order valence-corrected chi connectivity index (χ4v) is 4.65. The summed E-state index contributed by atoms with van der Waals surface area (Å²) in [5, 5.41) is 0. The summed E-state index contributed by atoms with van der Waals surface area (Å²) < 4.78 is 0. The minimum atomic E-state index is -0.967. The molecule has 0 aromatic rings. The van der Waals surface area contributed by atoms with Gasteiger partial charge in [0.1, 0.15) is 0 Å². The van der Waals surface area contributed by atoms with Crippen molar-refractivity contribution in [3.05, 3.63) is 11.3 Å². The molecule has 1 aliphatic carbocycles. The molecule has 0 aromatic heterocycles. The fraction of sp³-hybridized carbons (Fsp3) is 0.882. The summed E-state index contributed by atoms with van der Waals surface area (Å²) in [7, 11) is -0.967. The van der Waals surface area contributed by atoms with Crippen LogP contribution in [0.5, 0.6) is 0 Å². The Hall–Kier alpha value is -0.0431. The van der Waals surface area contributed by atoms with Crippen LogP contribution in [0.2, 0.25) is 19.6 Å². The zero-order valence-corrected chi connectivity index (χ0v) is 14.2. The molecule has 106 valence electrons. The Morgan fingerprint density at radius 3 is 2.39 bits per heavy atom. The van der Waals surface area contributed by atoms with E-state index in [4.69, 9.17) is 0 Å². The molecule has 0 radical (unpaired) electrons. The van der Waals surface area contributed by atoms with Crippen LogP contribution in [-0.2, 0) is 0 Å². The van der Waals surface area contributed by atoms with Crippen LogP contribution in [0.15, 0.2) is 11.3 Å². The normalized spacial score (nSPS) is 22.9. The van der Waals surface area contributed by atoms with Gasteiger partial charge in [-0.1, -0.05) is 82.8 Å². The molecule has 18 heavy (non-hydrogen) atoms. The number of hydrogen-bond donors (Lipinski definition) is 0. The zero-order chi connectivity index (χ0) is 13.4. The molecule has 1 fully saturated rings. The van der Waals surface area contributed by atoms with E-state index in [1.165, 1.54) is 64.2 Å². The minimum Gasteiger partial charge on any atom is -0.0958 e. The van der Waals surface area contributed by atoms with Crippen molar-refractivity contribution in [1.29, 1.82) is 0 Å². The van der Waals surface area contributed by atoms with Crippen molar-refractivity contribution in [2.24, 2.45) is 5.92 Å². The number of unbranched alkanes of at least 4 members (excludes halogenated alkanes) is 5. The van der Waals surface area contributed by atoms with Gasteiger partial charge in [-0.05, 0) is 25.2 Å². The van der Waals surface area contributed by atoms with Crippen LogP contribution < -0.4 is 0 Å². The monoisotopic (exact) mass is 266 g/mol. The summed E-state index contributed by atoms with van der Waals surface area (Å²) in [6.07, 6.45) is 14.5. The second kappa shape index (κ2) is 8.19. The molecule has 1 rings (SSSR count). The summed E-state index contributed by atoms with van der Waals surface area (Å²) in [6.45, 7) is 9.67. The lowest BCUT2D eigenvalue weighted by molar-refractivity contribution is 0.467. The van der Waals surface area contributed by atoms with Crippen LogP contribution in [0.4, 0.5) is 0 Å². The molecule has 0 N–H and O–H groups in total. The molecule has 1 unspecified atom stereocenters. The molecular formula is C17H34Si. The van der Waals surface area contributed by atoms with Crippen molar-refractivity contribution in [3.8, 4) is 0 Å². The van der Waals surface area contributed by atoms with E-state index < -0.39 is 8.07 Å². The Kier molecular flexibility index (Phi) is 7.29.